The highest BCUT2D eigenvalue weighted by molar-refractivity contribution is 7.99. The Morgan fingerprint density at radius 3 is 2.34 bits per heavy atom. The molecule has 0 aliphatic rings. The zero-order chi connectivity index (χ0) is 20.8. The van der Waals surface area contributed by atoms with Crippen molar-refractivity contribution < 1.29 is 0 Å². The summed E-state index contributed by atoms with van der Waals surface area (Å²) in [5.41, 5.74) is 13.0. The topological polar surface area (TPSA) is 94.5 Å². The molecule has 1 N–H and O–H groups in total. The highest BCUT2D eigenvalue weighted by atomic mass is 32.2. The van der Waals surface area contributed by atoms with Gasteiger partial charge in [-0.15, -0.1) is 0 Å². The molecule has 0 saturated carbocycles. The van der Waals surface area contributed by atoms with Crippen LogP contribution in [0.1, 0.15) is 43.6 Å². The van der Waals surface area contributed by atoms with Crippen molar-refractivity contribution in [2.24, 2.45) is 5.11 Å². The van der Waals surface area contributed by atoms with Crippen molar-refractivity contribution in [3.63, 3.8) is 0 Å². The number of nitrogens with one attached hydrogen (secondary N) is 1. The minimum Gasteiger partial charge on any atom is -0.301 e. The van der Waals surface area contributed by atoms with Crippen LogP contribution in [-0.2, 0) is 6.42 Å². The molecule has 148 valence electrons. The van der Waals surface area contributed by atoms with E-state index in [9.17, 15) is 10.3 Å². The number of azide groups is 1. The minimum absolute atomic E-state index is 0.181. The Morgan fingerprint density at radius 1 is 1.10 bits per heavy atom. The van der Waals surface area contributed by atoms with E-state index in [1.54, 1.807) is 0 Å². The second kappa shape index (κ2) is 9.45. The van der Waals surface area contributed by atoms with Gasteiger partial charge in [-0.25, -0.2) is 4.98 Å². The number of rotatable bonds is 7. The Labute approximate surface area is 174 Å². The Balaban J connectivity index is 2.07. The third-order valence-corrected chi connectivity index (χ3v) is 5.37. The average molecular weight is 406 g/mol. The number of aromatic nitrogens is 2. The lowest BCUT2D eigenvalue weighted by atomic mass is 9.97. The Bertz CT molecular complexity index is 1070. The van der Waals surface area contributed by atoms with Crippen LogP contribution in [0, 0.1) is 0 Å². The number of aromatic amines is 1. The molecular weight excluding hydrogens is 382 g/mol. The zero-order valence-corrected chi connectivity index (χ0v) is 17.5. The molecule has 0 spiro atoms. The third kappa shape index (κ3) is 4.88. The van der Waals surface area contributed by atoms with Crippen LogP contribution in [0.25, 0.3) is 21.6 Å². The second-order valence-corrected chi connectivity index (χ2v) is 8.42. The van der Waals surface area contributed by atoms with Crippen LogP contribution >= 0.6 is 11.8 Å². The monoisotopic (exact) mass is 405 g/mol. The molecule has 3 aromatic rings. The van der Waals surface area contributed by atoms with Gasteiger partial charge in [0, 0.05) is 15.7 Å². The van der Waals surface area contributed by atoms with Crippen LogP contribution in [0.15, 0.2) is 69.7 Å². The van der Waals surface area contributed by atoms with Gasteiger partial charge in [0.25, 0.3) is 5.56 Å². The van der Waals surface area contributed by atoms with Crippen molar-refractivity contribution in [1.29, 1.82) is 0 Å². The summed E-state index contributed by atoms with van der Waals surface area (Å²) in [5, 5.41) is 4.80. The SMILES string of the molecule is CCc1c(C(N=[N+]=[N-])c2ccc(-c3ccccc3)cc2)nc(SC(C)C)[nH]c1=O. The molecule has 1 heterocycles. The lowest BCUT2D eigenvalue weighted by Crippen LogP contribution is -2.20. The summed E-state index contributed by atoms with van der Waals surface area (Å²) in [5.74, 6) is 0. The van der Waals surface area contributed by atoms with E-state index in [2.05, 4.69) is 20.0 Å². The van der Waals surface area contributed by atoms with Crippen LogP contribution in [-0.4, -0.2) is 15.2 Å². The molecule has 6 nitrogen and oxygen atoms in total. The maximum atomic E-state index is 12.6. The molecule has 0 aliphatic heterocycles. The van der Waals surface area contributed by atoms with Gasteiger partial charge in [0.05, 0.1) is 5.69 Å². The summed E-state index contributed by atoms with van der Waals surface area (Å²) in [4.78, 5) is 23.1. The van der Waals surface area contributed by atoms with E-state index in [1.165, 1.54) is 11.8 Å². The van der Waals surface area contributed by atoms with Gasteiger partial charge in [0.15, 0.2) is 5.16 Å². The van der Waals surface area contributed by atoms with Crippen LogP contribution in [0.5, 0.6) is 0 Å². The van der Waals surface area contributed by atoms with E-state index >= 15 is 0 Å². The van der Waals surface area contributed by atoms with Gasteiger partial charge in [-0.3, -0.25) is 4.79 Å². The van der Waals surface area contributed by atoms with Gasteiger partial charge in [0.2, 0.25) is 0 Å². The molecule has 7 heteroatoms. The van der Waals surface area contributed by atoms with E-state index in [-0.39, 0.29) is 10.8 Å². The van der Waals surface area contributed by atoms with Crippen molar-refractivity contribution >= 4 is 11.8 Å². The second-order valence-electron chi connectivity index (χ2n) is 6.85. The molecule has 0 bridgehead atoms. The van der Waals surface area contributed by atoms with Crippen LogP contribution in [0.2, 0.25) is 0 Å². The number of benzene rings is 2. The van der Waals surface area contributed by atoms with Crippen LogP contribution < -0.4 is 5.56 Å². The highest BCUT2D eigenvalue weighted by Gasteiger charge is 2.21. The smallest absolute Gasteiger partial charge is 0.254 e. The fourth-order valence-corrected chi connectivity index (χ4v) is 3.91. The predicted octanol–water partition coefficient (Wildman–Crippen LogP) is 5.90. The first kappa shape index (κ1) is 20.7. The van der Waals surface area contributed by atoms with Crippen molar-refractivity contribution in [2.45, 2.75) is 43.6 Å². The normalized spacial score (nSPS) is 11.9. The maximum Gasteiger partial charge on any atom is 0.254 e. The van der Waals surface area contributed by atoms with E-state index in [0.717, 1.165) is 16.7 Å². The van der Waals surface area contributed by atoms with E-state index in [1.807, 2.05) is 75.4 Å². The Hall–Kier alpha value is -3.02. The van der Waals surface area contributed by atoms with Crippen molar-refractivity contribution in [3.8, 4) is 11.1 Å². The number of hydrogen-bond acceptors (Lipinski definition) is 4. The number of hydrogen-bond donors (Lipinski definition) is 1. The standard InChI is InChI=1S/C22H23N5OS/c1-4-18-20(24-22(25-21(18)28)29-14(2)3)19(26-27-23)17-12-10-16(11-13-17)15-8-6-5-7-9-15/h5-14,19H,4H2,1-3H3,(H,24,25,28). The molecule has 0 radical (unpaired) electrons. The molecule has 0 aliphatic carbocycles. The molecule has 1 unspecified atom stereocenters. The van der Waals surface area contributed by atoms with Gasteiger partial charge >= 0.3 is 0 Å². The predicted molar refractivity (Wildman–Crippen MR) is 118 cm³/mol. The van der Waals surface area contributed by atoms with Gasteiger partial charge in [0.1, 0.15) is 6.04 Å². The largest absolute Gasteiger partial charge is 0.301 e. The molecule has 0 amide bonds. The minimum atomic E-state index is -0.659. The maximum absolute atomic E-state index is 12.6. The molecule has 3 rings (SSSR count). The summed E-state index contributed by atoms with van der Waals surface area (Å²) in [7, 11) is 0. The highest BCUT2D eigenvalue weighted by Crippen LogP contribution is 2.30. The van der Waals surface area contributed by atoms with Crippen LogP contribution in [0.3, 0.4) is 0 Å². The van der Waals surface area contributed by atoms with E-state index in [4.69, 9.17) is 0 Å². The van der Waals surface area contributed by atoms with Crippen molar-refractivity contribution in [2.75, 3.05) is 0 Å². The number of H-pyrrole nitrogens is 1. The van der Waals surface area contributed by atoms with E-state index in [0.29, 0.717) is 22.8 Å². The third-order valence-electron chi connectivity index (χ3n) is 4.49. The summed E-state index contributed by atoms with van der Waals surface area (Å²) in [6, 6.07) is 17.2. The first-order valence-electron chi connectivity index (χ1n) is 9.52. The van der Waals surface area contributed by atoms with Gasteiger partial charge in [-0.1, -0.05) is 92.2 Å². The lowest BCUT2D eigenvalue weighted by Gasteiger charge is -2.16. The van der Waals surface area contributed by atoms with Crippen molar-refractivity contribution in [1.82, 2.24) is 9.97 Å². The summed E-state index contributed by atoms with van der Waals surface area (Å²) < 4.78 is 0. The molecule has 1 atom stereocenters. The fourth-order valence-electron chi connectivity index (χ4n) is 3.16. The number of nitrogens with zero attached hydrogens (tertiary/aromatic N) is 4. The molecule has 29 heavy (non-hydrogen) atoms. The quantitative estimate of drug-likeness (QED) is 0.174. The molecule has 0 fully saturated rings. The summed E-state index contributed by atoms with van der Waals surface area (Å²) >= 11 is 1.47. The average Bonchev–Trinajstić information content (AvgIpc) is 2.72. The first-order valence-corrected chi connectivity index (χ1v) is 10.4. The molecule has 1 aromatic heterocycles. The fraction of sp³-hybridized carbons (Fsp3) is 0.273. The van der Waals surface area contributed by atoms with Crippen LogP contribution in [0.4, 0.5) is 0 Å². The van der Waals surface area contributed by atoms with Gasteiger partial charge in [-0.05, 0) is 28.6 Å². The lowest BCUT2D eigenvalue weighted by molar-refractivity contribution is 0.742. The Kier molecular flexibility index (Phi) is 6.75. The molecular formula is C22H23N5OS. The molecule has 0 saturated heterocycles. The first-order chi connectivity index (χ1) is 14.0. The Morgan fingerprint density at radius 2 is 1.76 bits per heavy atom. The summed E-state index contributed by atoms with van der Waals surface area (Å²) in [6.07, 6.45) is 0.504. The van der Waals surface area contributed by atoms with Crippen molar-refractivity contribution in [3.05, 3.63) is 92.2 Å². The van der Waals surface area contributed by atoms with Gasteiger partial charge in [-0.2, -0.15) is 0 Å². The summed E-state index contributed by atoms with van der Waals surface area (Å²) in [6.45, 7) is 5.97. The van der Waals surface area contributed by atoms with Gasteiger partial charge < -0.3 is 4.98 Å². The molecule has 2 aromatic carbocycles. The van der Waals surface area contributed by atoms with E-state index < -0.39 is 6.04 Å². The zero-order valence-electron chi connectivity index (χ0n) is 16.7. The number of thioether (sulfide) groups is 1.